The van der Waals surface area contributed by atoms with Crippen LogP contribution in [0.4, 0.5) is 10.6 Å². The van der Waals surface area contributed by atoms with Crippen molar-refractivity contribution >= 4 is 52.6 Å². The van der Waals surface area contributed by atoms with Gasteiger partial charge in [-0.1, -0.05) is 41.6 Å². The molecule has 3 aromatic carbocycles. The first-order valence-corrected chi connectivity index (χ1v) is 17.7. The van der Waals surface area contributed by atoms with Crippen molar-refractivity contribution < 1.29 is 19.7 Å². The number of aliphatic hydroxyl groups is 1. The van der Waals surface area contributed by atoms with Gasteiger partial charge in [0.15, 0.2) is 11.5 Å². The summed E-state index contributed by atoms with van der Waals surface area (Å²) in [5.41, 5.74) is 3.70. The Bertz CT molecular complexity index is 2100. The molecule has 3 aromatic heterocycles. The largest absolute Gasteiger partial charge is 0.508 e. The number of hydrogen-bond acceptors (Lipinski definition) is 9. The van der Waals surface area contributed by atoms with E-state index in [1.165, 1.54) is 6.07 Å². The summed E-state index contributed by atoms with van der Waals surface area (Å²) >= 11 is 9.63. The number of urea groups is 1. The number of phenols is 1. The molecule has 0 saturated carbocycles. The van der Waals surface area contributed by atoms with Crippen molar-refractivity contribution in [1.29, 1.82) is 0 Å². The van der Waals surface area contributed by atoms with E-state index in [1.54, 1.807) is 52.5 Å². The Kier molecular flexibility index (Phi) is 10.3. The Labute approximate surface area is 296 Å². The van der Waals surface area contributed by atoms with Crippen LogP contribution in [0.3, 0.4) is 0 Å². The van der Waals surface area contributed by atoms with Crippen LogP contribution in [0.1, 0.15) is 25.1 Å². The van der Waals surface area contributed by atoms with Gasteiger partial charge in [-0.05, 0) is 86.3 Å². The van der Waals surface area contributed by atoms with Gasteiger partial charge in [0.05, 0.1) is 27.8 Å². The fraction of sp³-hybridized carbons (Fsp3) is 0.200. The number of aromatic hydroxyl groups is 1. The molecule has 2 amide bonds. The first-order chi connectivity index (χ1) is 23.6. The van der Waals surface area contributed by atoms with Gasteiger partial charge in [-0.15, -0.1) is 10.2 Å². The minimum absolute atomic E-state index is 0.0720. The van der Waals surface area contributed by atoms with E-state index in [4.69, 9.17) is 26.5 Å². The number of hydrogen-bond donors (Lipinski definition) is 4. The van der Waals surface area contributed by atoms with Crippen LogP contribution in [0.15, 0.2) is 101 Å². The van der Waals surface area contributed by atoms with Crippen LogP contribution >= 0.6 is 35.1 Å². The summed E-state index contributed by atoms with van der Waals surface area (Å²) in [7, 11) is 0. The van der Waals surface area contributed by atoms with Crippen molar-refractivity contribution in [2.45, 2.75) is 34.9 Å². The third kappa shape index (κ3) is 7.81. The van der Waals surface area contributed by atoms with Gasteiger partial charge in [0, 0.05) is 34.2 Å². The van der Waals surface area contributed by atoms with Crippen molar-refractivity contribution in [2.75, 3.05) is 24.8 Å². The van der Waals surface area contributed by atoms with Crippen LogP contribution in [-0.2, 0) is 11.3 Å². The van der Waals surface area contributed by atoms with Crippen LogP contribution in [0, 0.1) is 0 Å². The quantitative estimate of drug-likeness (QED) is 0.102. The van der Waals surface area contributed by atoms with Crippen molar-refractivity contribution in [3.63, 3.8) is 0 Å². The molecular formula is C35H34ClN7O4S2. The number of nitrogens with zero attached hydrogens (tertiary/aromatic N) is 5. The number of amides is 2. The molecule has 0 saturated heterocycles. The second-order valence-electron chi connectivity index (χ2n) is 11.4. The van der Waals surface area contributed by atoms with Gasteiger partial charge in [0.1, 0.15) is 23.9 Å². The molecular weight excluding hydrogens is 682 g/mol. The molecule has 0 spiro atoms. The molecule has 0 aliphatic carbocycles. The highest BCUT2D eigenvalue weighted by atomic mass is 35.5. The van der Waals surface area contributed by atoms with Gasteiger partial charge in [-0.25, -0.2) is 9.48 Å². The van der Waals surface area contributed by atoms with Gasteiger partial charge in [0.2, 0.25) is 0 Å². The molecule has 14 heteroatoms. The predicted molar refractivity (Wildman–Crippen MR) is 194 cm³/mol. The molecule has 49 heavy (non-hydrogen) atoms. The predicted octanol–water partition coefficient (Wildman–Crippen LogP) is 7.38. The molecule has 6 rings (SSSR count). The first-order valence-electron chi connectivity index (χ1n) is 15.3. The van der Waals surface area contributed by atoms with Gasteiger partial charge in [0.25, 0.3) is 0 Å². The number of pyridine rings is 1. The van der Waals surface area contributed by atoms with E-state index in [0.29, 0.717) is 33.6 Å². The lowest BCUT2D eigenvalue weighted by Gasteiger charge is -2.18. The standard InChI is InChI=1S/C35H34ClN7O4S2/c1-35(2,48-3)30-19-32(43(41-30)23-8-11-25(12-9-23)47-17-16-44)38-34(46)37-20-22-6-4-5-7-29(22)49-26-13-15-31-39-40-33(42(31)21-26)27-18-24(45)10-14-28(27)36/h4-15,18-19,21,44-45H,16-17,20H2,1-3H3,(H2,37,38,46). The molecule has 6 aromatic rings. The summed E-state index contributed by atoms with van der Waals surface area (Å²) in [4.78, 5) is 15.2. The Morgan fingerprint density at radius 3 is 2.59 bits per heavy atom. The second-order valence-corrected chi connectivity index (χ2v) is 14.4. The average molecular weight is 716 g/mol. The molecule has 3 heterocycles. The summed E-state index contributed by atoms with van der Waals surface area (Å²) in [5.74, 6) is 1.74. The van der Waals surface area contributed by atoms with Crippen molar-refractivity contribution in [1.82, 2.24) is 29.7 Å². The molecule has 0 aliphatic heterocycles. The molecule has 4 N–H and O–H groups in total. The highest BCUT2D eigenvalue weighted by Gasteiger charge is 2.25. The number of anilines is 1. The summed E-state index contributed by atoms with van der Waals surface area (Å²) in [5, 5.41) is 38.9. The van der Waals surface area contributed by atoms with E-state index in [9.17, 15) is 9.90 Å². The zero-order valence-corrected chi connectivity index (χ0v) is 29.3. The van der Waals surface area contributed by atoms with E-state index in [-0.39, 0.29) is 36.3 Å². The average Bonchev–Trinajstić information content (AvgIpc) is 3.73. The third-order valence-corrected chi connectivity index (χ3v) is 10.4. The third-order valence-electron chi connectivity index (χ3n) is 7.73. The van der Waals surface area contributed by atoms with Gasteiger partial charge < -0.3 is 20.3 Å². The number of carbonyl (C=O) groups is 1. The van der Waals surface area contributed by atoms with Gasteiger partial charge >= 0.3 is 6.03 Å². The molecule has 0 radical (unpaired) electrons. The Morgan fingerprint density at radius 1 is 1.02 bits per heavy atom. The van der Waals surface area contributed by atoms with Crippen molar-refractivity contribution in [3.8, 4) is 28.6 Å². The van der Waals surface area contributed by atoms with E-state index in [2.05, 4.69) is 34.7 Å². The fourth-order valence-corrected chi connectivity index (χ4v) is 6.40. The summed E-state index contributed by atoms with van der Waals surface area (Å²) in [6, 6.07) is 25.2. The first kappa shape index (κ1) is 34.2. The lowest BCUT2D eigenvalue weighted by molar-refractivity contribution is 0.201. The number of ether oxygens (including phenoxy) is 1. The normalized spacial score (nSPS) is 11.5. The van der Waals surface area contributed by atoms with Crippen LogP contribution < -0.4 is 15.4 Å². The number of aromatic nitrogens is 5. The van der Waals surface area contributed by atoms with Crippen LogP contribution in [0.2, 0.25) is 5.02 Å². The van der Waals surface area contributed by atoms with Crippen LogP contribution in [0.25, 0.3) is 22.7 Å². The van der Waals surface area contributed by atoms with Crippen molar-refractivity contribution in [2.24, 2.45) is 0 Å². The molecule has 0 bridgehead atoms. The second kappa shape index (κ2) is 14.8. The number of rotatable bonds is 12. The summed E-state index contributed by atoms with van der Waals surface area (Å²) < 4.78 is 8.75. The van der Waals surface area contributed by atoms with E-state index in [0.717, 1.165) is 26.7 Å². The van der Waals surface area contributed by atoms with Crippen LogP contribution in [0.5, 0.6) is 11.5 Å². The summed E-state index contributed by atoms with van der Waals surface area (Å²) in [6.07, 6.45) is 3.95. The minimum Gasteiger partial charge on any atom is -0.508 e. The number of benzene rings is 3. The SMILES string of the molecule is CSC(C)(C)c1cc(NC(=O)NCc2ccccc2Sc2ccc3nnc(-c4cc(O)ccc4Cl)n3c2)n(-c2ccc(OCCO)cc2)n1. The molecule has 11 nitrogen and oxygen atoms in total. The maximum absolute atomic E-state index is 13.3. The molecule has 0 unspecified atom stereocenters. The maximum atomic E-state index is 13.3. The van der Waals surface area contributed by atoms with E-state index in [1.807, 2.05) is 71.5 Å². The number of thioether (sulfide) groups is 1. The maximum Gasteiger partial charge on any atom is 0.320 e. The highest BCUT2D eigenvalue weighted by molar-refractivity contribution is 7.99. The van der Waals surface area contributed by atoms with Gasteiger partial charge in [-0.2, -0.15) is 16.9 Å². The fourth-order valence-electron chi connectivity index (χ4n) is 4.93. The topological polar surface area (TPSA) is 139 Å². The van der Waals surface area contributed by atoms with Crippen LogP contribution in [-0.4, -0.2) is 60.1 Å². The Balaban J connectivity index is 1.19. The summed E-state index contributed by atoms with van der Waals surface area (Å²) in [6.45, 7) is 4.58. The van der Waals surface area contributed by atoms with Crippen molar-refractivity contribution in [3.05, 3.63) is 107 Å². The number of phenolic OH excluding ortho intramolecular Hbond substituents is 1. The Hall–Kier alpha value is -4.69. The zero-order valence-electron chi connectivity index (χ0n) is 26.9. The minimum atomic E-state index is -0.379. The molecule has 0 aliphatic rings. The molecule has 252 valence electrons. The lowest BCUT2D eigenvalue weighted by atomic mass is 10.1. The number of fused-ring (bicyclic) bond motifs is 1. The number of nitrogens with one attached hydrogen (secondary N) is 2. The molecule has 0 fully saturated rings. The number of carbonyl (C=O) groups excluding carboxylic acids is 1. The number of aliphatic hydroxyl groups excluding tert-OH is 1. The smallest absolute Gasteiger partial charge is 0.320 e. The highest BCUT2D eigenvalue weighted by Crippen LogP contribution is 2.36. The number of halogens is 1. The molecule has 0 atom stereocenters. The zero-order chi connectivity index (χ0) is 34.5. The lowest BCUT2D eigenvalue weighted by Crippen LogP contribution is -2.29. The monoisotopic (exact) mass is 715 g/mol. The van der Waals surface area contributed by atoms with Gasteiger partial charge in [-0.3, -0.25) is 9.72 Å². The Morgan fingerprint density at radius 2 is 1.82 bits per heavy atom. The van der Waals surface area contributed by atoms with E-state index < -0.39 is 0 Å². The van der Waals surface area contributed by atoms with E-state index >= 15 is 0 Å².